The monoisotopic (exact) mass is 1360 g/mol. The standard InChI is InChI=1S/C24H24O6.C24H22O6.C24H20O5.CH4O.7H2O/c25-20-13-8-4-5-9-17(13)30-22(21(20)26)15-10-14-18(12-6-2-1-3-7-12)16-11-29-24(28,19(15)16)23(14)27;25-13-20-23(14-6-2-1-3-7-14)30-19-12-15(10-11-18(19)28-20)24-22(27)21(26)16-8-4-5-9-17(16)29-24;25-13-18-17-12-15(10-11-20(17)28-23(18)14-6-2-1-3-7-14)24-22(27)21(26)16-8-4-5-9-19(16)29-24;1-2;;;;;;;/h1-10,14,16,18-23,25-28H,11H2;1-12,20-27H,13H2;1-12,18,22-25,27H,13H2;2H,1H3;7*1H2/t14?,16?,18-,19?,20?,21?,22?,23?,24?;;;;;;;;;;/m1........../s1. The van der Waals surface area contributed by atoms with Gasteiger partial charge in [-0.2, -0.15) is 0 Å². The van der Waals surface area contributed by atoms with Gasteiger partial charge < -0.3 is 123 Å². The zero-order valence-corrected chi connectivity index (χ0v) is 52.8. The molecule has 6 heterocycles. The van der Waals surface area contributed by atoms with Crippen LogP contribution in [-0.4, -0.2) is 165 Å². The Bertz CT molecular complexity index is 3920. The minimum atomic E-state index is -1.71. The maximum Gasteiger partial charge on any atom is 0.199 e. The van der Waals surface area contributed by atoms with Gasteiger partial charge >= 0.3 is 0 Å². The molecule has 0 aromatic heterocycles. The van der Waals surface area contributed by atoms with E-state index in [0.717, 1.165) is 29.4 Å². The van der Waals surface area contributed by atoms with Gasteiger partial charge in [-0.15, -0.1) is 0 Å². The fourth-order valence-corrected chi connectivity index (χ4v) is 14.4. The summed E-state index contributed by atoms with van der Waals surface area (Å²) in [4.78, 5) is 12.6. The van der Waals surface area contributed by atoms with Gasteiger partial charge in [0.25, 0.3) is 0 Å². The van der Waals surface area contributed by atoms with E-state index >= 15 is 0 Å². The molecular weight excluding hydrogens is 1280 g/mol. The van der Waals surface area contributed by atoms with Gasteiger partial charge in [-0.1, -0.05) is 158 Å². The second-order valence-corrected chi connectivity index (χ2v) is 23.7. The van der Waals surface area contributed by atoms with Gasteiger partial charge in [0.05, 0.1) is 31.3 Å². The summed E-state index contributed by atoms with van der Waals surface area (Å²) in [5.41, 5.74) is 7.35. The first kappa shape index (κ1) is 78.2. The van der Waals surface area contributed by atoms with Crippen molar-refractivity contribution in [2.45, 2.75) is 90.9 Å². The molecule has 526 valence electrons. The van der Waals surface area contributed by atoms with E-state index in [4.69, 9.17) is 38.3 Å². The van der Waals surface area contributed by atoms with Crippen LogP contribution in [0.25, 0.3) is 0 Å². The van der Waals surface area contributed by atoms with E-state index < -0.39 is 78.8 Å². The largest absolute Gasteiger partial charge is 0.485 e. The summed E-state index contributed by atoms with van der Waals surface area (Å²) >= 11 is 0. The van der Waals surface area contributed by atoms with Crippen molar-refractivity contribution >= 4 is 5.78 Å². The number of benzene rings is 8. The van der Waals surface area contributed by atoms with E-state index in [2.05, 4.69) is 0 Å². The van der Waals surface area contributed by atoms with E-state index in [1.54, 1.807) is 84.9 Å². The second-order valence-electron chi connectivity index (χ2n) is 23.7. The van der Waals surface area contributed by atoms with Crippen LogP contribution in [0.15, 0.2) is 212 Å². The van der Waals surface area contributed by atoms with Gasteiger partial charge in [-0.05, 0) is 87.8 Å². The van der Waals surface area contributed by atoms with Crippen molar-refractivity contribution < 1.29 is 127 Å². The smallest absolute Gasteiger partial charge is 0.199 e. The summed E-state index contributed by atoms with van der Waals surface area (Å²) in [6, 6.07) is 61.2. The normalized spacial score (nSPS) is 29.1. The minimum Gasteiger partial charge on any atom is -0.485 e. The van der Waals surface area contributed by atoms with Crippen LogP contribution in [0.4, 0.5) is 0 Å². The Kier molecular flexibility index (Phi) is 26.1. The average Bonchev–Trinajstić information content (AvgIpc) is 1.45. The van der Waals surface area contributed by atoms with E-state index in [1.807, 2.05) is 121 Å². The van der Waals surface area contributed by atoms with Gasteiger partial charge in [-0.25, -0.2) is 0 Å². The van der Waals surface area contributed by atoms with Crippen LogP contribution in [-0.2, 0) is 4.74 Å². The van der Waals surface area contributed by atoms with E-state index in [0.29, 0.717) is 74.5 Å². The third-order valence-electron chi connectivity index (χ3n) is 18.7. The summed E-state index contributed by atoms with van der Waals surface area (Å²) in [6.45, 7) is 0.0492. The number of ketones is 1. The topological polar surface area (TPSA) is 504 Å². The number of Topliss-reactive ketones (excluding diaryl/α,β-unsaturated/α-hetero) is 1. The van der Waals surface area contributed by atoms with Crippen LogP contribution < -0.4 is 28.4 Å². The first-order chi connectivity index (χ1) is 44.3. The summed E-state index contributed by atoms with van der Waals surface area (Å²) in [5.74, 6) is -0.0568. The lowest BCUT2D eigenvalue weighted by Gasteiger charge is -2.54. The molecular formula is C73H84O25. The number of ether oxygens (including phenoxy) is 7. The minimum absolute atomic E-state index is 0. The Labute approximate surface area is 562 Å². The molecule has 98 heavy (non-hydrogen) atoms. The molecule has 8 aromatic carbocycles. The van der Waals surface area contributed by atoms with Crippen LogP contribution in [0.1, 0.15) is 103 Å². The van der Waals surface area contributed by atoms with Crippen molar-refractivity contribution in [2.75, 3.05) is 26.9 Å². The van der Waals surface area contributed by atoms with Crippen molar-refractivity contribution in [3.63, 3.8) is 0 Å². The molecule has 18 atom stereocenters. The molecule has 0 radical (unpaired) electrons. The summed E-state index contributed by atoms with van der Waals surface area (Å²) < 4.78 is 42.2. The SMILES string of the molecule is CO.O.O.O.O.O.O.O.O=C1c2ccccc2OC(c2ccc3c(c2)C(CO)C(c2ccccc2)O3)C1O.OC1c2ccccc2OC(C2=CC3C(O)C4(O)OCC(C24)[C@@H]3c2ccccc2)C1O.OCC1Oc2ccc(C3Oc4ccccc4C(O)C3O)cc2OC1c1ccccc1. The van der Waals surface area contributed by atoms with Crippen LogP contribution in [0.2, 0.25) is 0 Å². The first-order valence-electron chi connectivity index (χ1n) is 30.4. The summed E-state index contributed by atoms with van der Waals surface area (Å²) in [6.07, 6.45) is -8.55. The van der Waals surface area contributed by atoms with Gasteiger partial charge in [0, 0.05) is 41.6 Å². The second kappa shape index (κ2) is 32.7. The molecule has 1 saturated carbocycles. The number of hydrogen-bond donors (Lipinski definition) is 10. The molecule has 0 amide bonds. The van der Waals surface area contributed by atoms with Crippen molar-refractivity contribution in [1.82, 2.24) is 0 Å². The number of rotatable bonds is 8. The fourth-order valence-electron chi connectivity index (χ4n) is 14.4. The first-order valence-corrected chi connectivity index (χ1v) is 30.4. The lowest BCUT2D eigenvalue weighted by molar-refractivity contribution is -0.268. The third-order valence-corrected chi connectivity index (χ3v) is 18.7. The number of para-hydroxylation sites is 3. The number of carbonyl (C=O) groups excluding carboxylic acids is 1. The number of aliphatic hydroxyl groups is 10. The maximum absolute atomic E-state index is 12.6. The number of fused-ring (bicyclic) bond motifs is 5. The van der Waals surface area contributed by atoms with E-state index in [9.17, 15) is 50.8 Å². The quantitative estimate of drug-likeness (QED) is 0.0973. The van der Waals surface area contributed by atoms with Crippen LogP contribution in [0, 0.1) is 17.8 Å². The molecule has 17 unspecified atom stereocenters. The predicted octanol–water partition coefficient (Wildman–Crippen LogP) is 2.00. The Morgan fingerprint density at radius 2 is 0.878 bits per heavy atom. The van der Waals surface area contributed by atoms with E-state index in [1.165, 1.54) is 0 Å². The van der Waals surface area contributed by atoms with Gasteiger partial charge in [0.15, 0.2) is 53.6 Å². The molecule has 17 rings (SSSR count). The molecule has 25 nitrogen and oxygen atoms in total. The summed E-state index contributed by atoms with van der Waals surface area (Å²) in [5, 5.41) is 102. The highest BCUT2D eigenvalue weighted by Gasteiger charge is 2.68. The van der Waals surface area contributed by atoms with Gasteiger partial charge in [-0.3, -0.25) is 4.79 Å². The highest BCUT2D eigenvalue weighted by molar-refractivity contribution is 6.03. The van der Waals surface area contributed by atoms with Crippen molar-refractivity contribution in [2.24, 2.45) is 17.8 Å². The molecule has 2 fully saturated rings. The fraction of sp³-hybridized carbons (Fsp3) is 0.301. The maximum atomic E-state index is 12.6. The zero-order valence-electron chi connectivity index (χ0n) is 52.8. The molecule has 9 aliphatic rings. The molecule has 24 N–H and O–H groups in total. The van der Waals surface area contributed by atoms with Crippen LogP contribution in [0.3, 0.4) is 0 Å². The Balaban J connectivity index is 0.000000221. The Morgan fingerprint density at radius 1 is 0.418 bits per heavy atom. The highest BCUT2D eigenvalue weighted by Crippen LogP contribution is 2.62. The van der Waals surface area contributed by atoms with Gasteiger partial charge in [0.2, 0.25) is 0 Å². The van der Waals surface area contributed by atoms with Crippen molar-refractivity contribution in [1.29, 1.82) is 0 Å². The lowest BCUT2D eigenvalue weighted by atomic mass is 9.54. The predicted molar refractivity (Wildman–Crippen MR) is 355 cm³/mol. The van der Waals surface area contributed by atoms with Gasteiger partial charge in [0.1, 0.15) is 65.7 Å². The zero-order chi connectivity index (χ0) is 63.2. The average molecular weight is 1360 g/mol. The lowest BCUT2D eigenvalue weighted by Crippen LogP contribution is -2.62. The van der Waals surface area contributed by atoms with E-state index in [-0.39, 0.29) is 87.1 Å². The molecule has 25 heteroatoms. The van der Waals surface area contributed by atoms with Crippen LogP contribution in [0.5, 0.6) is 34.5 Å². The number of aliphatic hydroxyl groups excluding tert-OH is 9. The Hall–Kier alpha value is -8.75. The Morgan fingerprint density at radius 3 is 1.46 bits per heavy atom. The summed E-state index contributed by atoms with van der Waals surface area (Å²) in [7, 11) is 1.00. The van der Waals surface area contributed by atoms with Crippen molar-refractivity contribution in [3.05, 3.63) is 262 Å². The number of carbonyl (C=O) groups is 1. The molecule has 3 aliphatic carbocycles. The molecule has 0 spiro atoms. The third kappa shape index (κ3) is 13.9. The number of hydrogen-bond acceptors (Lipinski definition) is 18. The van der Waals surface area contributed by atoms with Crippen LogP contribution >= 0.6 is 0 Å². The molecule has 1 saturated heterocycles. The highest BCUT2D eigenvalue weighted by atomic mass is 16.6. The molecule has 8 aromatic rings. The molecule has 6 aliphatic heterocycles. The van der Waals surface area contributed by atoms with Crippen molar-refractivity contribution in [3.8, 4) is 34.5 Å². The molecule has 4 bridgehead atoms.